The molecule has 2 rings (SSSR count). The Labute approximate surface area is 123 Å². The van der Waals surface area contributed by atoms with E-state index in [-0.39, 0.29) is 0 Å². The standard InChI is InChI=1S/C17H29NO2/c1-17(2,19)10-6-9-16-14-20-12-11-18(16)13-15-7-4-3-5-8-15/h3-4,13,16,19H,5-12,14H2,1-2H3/b15-13-. The summed E-state index contributed by atoms with van der Waals surface area (Å²) in [4.78, 5) is 2.47. The van der Waals surface area contributed by atoms with Crippen LogP contribution < -0.4 is 0 Å². The summed E-state index contributed by atoms with van der Waals surface area (Å²) >= 11 is 0. The predicted octanol–water partition coefficient (Wildman–Crippen LogP) is 3.25. The Balaban J connectivity index is 1.86. The van der Waals surface area contributed by atoms with Gasteiger partial charge in [-0.1, -0.05) is 17.7 Å². The highest BCUT2D eigenvalue weighted by Crippen LogP contribution is 2.22. The fraction of sp³-hybridized carbons (Fsp3) is 0.765. The number of morpholine rings is 1. The van der Waals surface area contributed by atoms with Gasteiger partial charge in [0.1, 0.15) is 0 Å². The van der Waals surface area contributed by atoms with Crippen molar-refractivity contribution in [3.05, 3.63) is 23.9 Å². The fourth-order valence-corrected chi connectivity index (χ4v) is 2.93. The molecule has 0 aromatic carbocycles. The van der Waals surface area contributed by atoms with Crippen LogP contribution in [0.4, 0.5) is 0 Å². The minimum Gasteiger partial charge on any atom is -0.390 e. The van der Waals surface area contributed by atoms with Crippen LogP contribution in [0, 0.1) is 0 Å². The van der Waals surface area contributed by atoms with Gasteiger partial charge in [0, 0.05) is 6.54 Å². The van der Waals surface area contributed by atoms with Gasteiger partial charge in [0.2, 0.25) is 0 Å². The number of nitrogens with zero attached hydrogens (tertiary/aromatic N) is 1. The molecule has 1 saturated heterocycles. The van der Waals surface area contributed by atoms with Crippen LogP contribution in [0.15, 0.2) is 23.9 Å². The third kappa shape index (κ3) is 5.29. The fourth-order valence-electron chi connectivity index (χ4n) is 2.93. The first-order valence-electron chi connectivity index (χ1n) is 7.95. The molecule has 0 radical (unpaired) electrons. The number of rotatable bonds is 5. The lowest BCUT2D eigenvalue weighted by molar-refractivity contribution is 0.00759. The topological polar surface area (TPSA) is 32.7 Å². The molecule has 20 heavy (non-hydrogen) atoms. The van der Waals surface area contributed by atoms with Crippen molar-refractivity contribution in [2.45, 2.75) is 64.0 Å². The Morgan fingerprint density at radius 2 is 2.30 bits per heavy atom. The maximum absolute atomic E-state index is 9.81. The molecule has 1 N–H and O–H groups in total. The average Bonchev–Trinajstić information content (AvgIpc) is 2.40. The van der Waals surface area contributed by atoms with E-state index in [0.717, 1.165) is 45.4 Å². The third-order valence-electron chi connectivity index (χ3n) is 4.13. The van der Waals surface area contributed by atoms with E-state index in [1.807, 2.05) is 13.8 Å². The Morgan fingerprint density at radius 3 is 3.00 bits per heavy atom. The lowest BCUT2D eigenvalue weighted by atomic mass is 9.98. The van der Waals surface area contributed by atoms with Gasteiger partial charge in [-0.15, -0.1) is 0 Å². The molecule has 0 bridgehead atoms. The molecule has 0 spiro atoms. The highest BCUT2D eigenvalue weighted by molar-refractivity contribution is 5.13. The number of hydrogen-bond acceptors (Lipinski definition) is 3. The summed E-state index contributed by atoms with van der Waals surface area (Å²) in [5.41, 5.74) is 0.995. The largest absolute Gasteiger partial charge is 0.390 e. The van der Waals surface area contributed by atoms with E-state index in [4.69, 9.17) is 4.74 Å². The van der Waals surface area contributed by atoms with Crippen molar-refractivity contribution in [2.24, 2.45) is 0 Å². The molecule has 1 aliphatic carbocycles. The average molecular weight is 279 g/mol. The SMILES string of the molecule is CC(C)(O)CCCC1COCCN1/C=C1/CC=CCC1. The van der Waals surface area contributed by atoms with Gasteiger partial charge in [0.25, 0.3) is 0 Å². The monoisotopic (exact) mass is 279 g/mol. The van der Waals surface area contributed by atoms with E-state index in [2.05, 4.69) is 23.3 Å². The second-order valence-electron chi connectivity index (χ2n) is 6.67. The number of ether oxygens (including phenoxy) is 1. The smallest absolute Gasteiger partial charge is 0.0670 e. The zero-order valence-corrected chi connectivity index (χ0v) is 13.0. The number of allylic oxidation sites excluding steroid dienone is 3. The normalized spacial score (nSPS) is 26.2. The molecule has 1 fully saturated rings. The molecule has 2 aliphatic rings. The molecular weight excluding hydrogens is 250 g/mol. The van der Waals surface area contributed by atoms with Gasteiger partial charge in [-0.05, 0) is 58.6 Å². The van der Waals surface area contributed by atoms with Crippen molar-refractivity contribution >= 4 is 0 Å². The molecule has 114 valence electrons. The summed E-state index contributed by atoms with van der Waals surface area (Å²) in [5, 5.41) is 9.81. The molecule has 1 atom stereocenters. The van der Waals surface area contributed by atoms with Gasteiger partial charge in [-0.25, -0.2) is 0 Å². The van der Waals surface area contributed by atoms with E-state index in [1.54, 1.807) is 5.57 Å². The van der Waals surface area contributed by atoms with Crippen LogP contribution >= 0.6 is 0 Å². The van der Waals surface area contributed by atoms with Crippen molar-refractivity contribution in [1.29, 1.82) is 0 Å². The van der Waals surface area contributed by atoms with Crippen LogP contribution in [0.5, 0.6) is 0 Å². The zero-order valence-electron chi connectivity index (χ0n) is 13.0. The molecule has 1 heterocycles. The summed E-state index contributed by atoms with van der Waals surface area (Å²) in [6.45, 7) is 6.43. The molecule has 0 aromatic heterocycles. The van der Waals surface area contributed by atoms with Crippen molar-refractivity contribution in [3.63, 3.8) is 0 Å². The second kappa shape index (κ2) is 7.28. The van der Waals surface area contributed by atoms with Crippen LogP contribution in [0.1, 0.15) is 52.4 Å². The minimum atomic E-state index is -0.549. The lowest BCUT2D eigenvalue weighted by Gasteiger charge is -2.36. The second-order valence-corrected chi connectivity index (χ2v) is 6.67. The van der Waals surface area contributed by atoms with E-state index in [0.29, 0.717) is 6.04 Å². The van der Waals surface area contributed by atoms with Crippen molar-refractivity contribution in [1.82, 2.24) is 4.90 Å². The van der Waals surface area contributed by atoms with Crippen LogP contribution in [-0.4, -0.2) is 41.4 Å². The summed E-state index contributed by atoms with van der Waals surface area (Å²) in [7, 11) is 0. The van der Waals surface area contributed by atoms with Crippen LogP contribution in [0.25, 0.3) is 0 Å². The summed E-state index contributed by atoms with van der Waals surface area (Å²) < 4.78 is 5.64. The van der Waals surface area contributed by atoms with E-state index < -0.39 is 5.60 Å². The molecule has 0 amide bonds. The van der Waals surface area contributed by atoms with Gasteiger partial charge in [-0.2, -0.15) is 0 Å². The van der Waals surface area contributed by atoms with Crippen LogP contribution in [0.2, 0.25) is 0 Å². The maximum Gasteiger partial charge on any atom is 0.0670 e. The van der Waals surface area contributed by atoms with Crippen molar-refractivity contribution in [2.75, 3.05) is 19.8 Å². The quantitative estimate of drug-likeness (QED) is 0.784. The first-order valence-corrected chi connectivity index (χ1v) is 7.95. The van der Waals surface area contributed by atoms with Gasteiger partial charge in [0.05, 0.1) is 24.9 Å². The van der Waals surface area contributed by atoms with E-state index >= 15 is 0 Å². The minimum absolute atomic E-state index is 0.476. The molecule has 0 saturated carbocycles. The van der Waals surface area contributed by atoms with E-state index in [9.17, 15) is 5.11 Å². The molecule has 1 aliphatic heterocycles. The highest BCUT2D eigenvalue weighted by Gasteiger charge is 2.22. The molecule has 0 aromatic rings. The van der Waals surface area contributed by atoms with Crippen LogP contribution in [0.3, 0.4) is 0 Å². The Kier molecular flexibility index (Phi) is 5.67. The first-order chi connectivity index (χ1) is 9.54. The first kappa shape index (κ1) is 15.6. The van der Waals surface area contributed by atoms with Gasteiger partial charge in [0.15, 0.2) is 0 Å². The van der Waals surface area contributed by atoms with E-state index in [1.165, 1.54) is 12.8 Å². The van der Waals surface area contributed by atoms with Gasteiger partial charge >= 0.3 is 0 Å². The molecule has 1 unspecified atom stereocenters. The lowest BCUT2D eigenvalue weighted by Crippen LogP contribution is -2.42. The number of hydrogen-bond donors (Lipinski definition) is 1. The van der Waals surface area contributed by atoms with Gasteiger partial charge < -0.3 is 14.7 Å². The number of aliphatic hydroxyl groups is 1. The van der Waals surface area contributed by atoms with Crippen molar-refractivity contribution < 1.29 is 9.84 Å². The Bertz CT molecular complexity index is 354. The molecule has 3 heteroatoms. The maximum atomic E-state index is 9.81. The molecular formula is C17H29NO2. The van der Waals surface area contributed by atoms with Crippen molar-refractivity contribution in [3.8, 4) is 0 Å². The summed E-state index contributed by atoms with van der Waals surface area (Å²) in [6.07, 6.45) is 13.4. The third-order valence-corrected chi connectivity index (χ3v) is 4.13. The highest BCUT2D eigenvalue weighted by atomic mass is 16.5. The Morgan fingerprint density at radius 1 is 1.45 bits per heavy atom. The zero-order chi connectivity index (χ0) is 14.4. The summed E-state index contributed by atoms with van der Waals surface area (Å²) in [5.74, 6) is 0. The van der Waals surface area contributed by atoms with Crippen LogP contribution in [-0.2, 0) is 4.74 Å². The Hall–Kier alpha value is -0.800. The molecule has 3 nitrogen and oxygen atoms in total. The summed E-state index contributed by atoms with van der Waals surface area (Å²) in [6, 6.07) is 0.476. The predicted molar refractivity (Wildman–Crippen MR) is 82.5 cm³/mol. The van der Waals surface area contributed by atoms with Gasteiger partial charge in [-0.3, -0.25) is 0 Å².